The van der Waals surface area contributed by atoms with Gasteiger partial charge >= 0.3 is 5.97 Å². The van der Waals surface area contributed by atoms with Crippen molar-refractivity contribution in [2.75, 3.05) is 19.0 Å². The topological polar surface area (TPSA) is 76.4 Å². The number of carboxylic acids is 1. The van der Waals surface area contributed by atoms with E-state index in [0.717, 1.165) is 0 Å². The lowest BCUT2D eigenvalue weighted by Gasteiger charge is -2.02. The third kappa shape index (κ3) is 2.87. The Bertz CT molecular complexity index is 346. The minimum absolute atomic E-state index is 0.153. The molecule has 0 amide bonds. The average molecular weight is 213 g/mol. The first-order valence-electron chi connectivity index (χ1n) is 4.63. The zero-order valence-corrected chi connectivity index (χ0v) is 9.02. The highest BCUT2D eigenvalue weighted by Crippen LogP contribution is 2.23. The number of anilines is 1. The van der Waals surface area contributed by atoms with Gasteiger partial charge < -0.3 is 15.2 Å². The Balaban J connectivity index is 2.80. The smallest absolute Gasteiger partial charge is 0.322 e. The van der Waals surface area contributed by atoms with Crippen molar-refractivity contribution in [3.8, 4) is 5.88 Å². The van der Waals surface area contributed by atoms with Gasteiger partial charge in [0.1, 0.15) is 12.2 Å². The van der Waals surface area contributed by atoms with Crippen LogP contribution in [0.5, 0.6) is 5.88 Å². The van der Waals surface area contributed by atoms with E-state index < -0.39 is 5.97 Å². The van der Waals surface area contributed by atoms with Crippen molar-refractivity contribution in [1.82, 2.24) is 9.78 Å². The second-order valence-corrected chi connectivity index (χ2v) is 3.37. The fraction of sp³-hybridized carbons (Fsp3) is 0.556. The summed E-state index contributed by atoms with van der Waals surface area (Å²) in [6, 6.07) is 0.208. The lowest BCUT2D eigenvalue weighted by Crippen LogP contribution is -2.12. The molecule has 0 saturated carbocycles. The molecule has 6 heteroatoms. The van der Waals surface area contributed by atoms with Gasteiger partial charge in [0.15, 0.2) is 0 Å². The monoisotopic (exact) mass is 213 g/mol. The molecule has 0 unspecified atom stereocenters. The van der Waals surface area contributed by atoms with Crippen LogP contribution in [0, 0.1) is 0 Å². The largest absolute Gasteiger partial charge is 0.480 e. The average Bonchev–Trinajstić information content (AvgIpc) is 2.57. The summed E-state index contributed by atoms with van der Waals surface area (Å²) >= 11 is 0. The van der Waals surface area contributed by atoms with Crippen molar-refractivity contribution in [2.24, 2.45) is 0 Å². The summed E-state index contributed by atoms with van der Waals surface area (Å²) in [5.41, 5.74) is 0.591. The second kappa shape index (κ2) is 4.68. The maximum absolute atomic E-state index is 10.4. The standard InChI is InChI=1S/C9H15N3O3/c1-6(2)12-5-7(9(11-12)15-3)10-4-8(13)14/h5-6,10H,4H2,1-3H3,(H,13,14). The Kier molecular flexibility index (Phi) is 3.54. The number of carbonyl (C=O) groups is 1. The van der Waals surface area contributed by atoms with Crippen LogP contribution in [-0.4, -0.2) is 34.5 Å². The summed E-state index contributed by atoms with van der Waals surface area (Å²) in [7, 11) is 1.50. The van der Waals surface area contributed by atoms with Crippen molar-refractivity contribution in [2.45, 2.75) is 19.9 Å². The van der Waals surface area contributed by atoms with Crippen LogP contribution >= 0.6 is 0 Å². The summed E-state index contributed by atoms with van der Waals surface area (Å²) < 4.78 is 6.73. The van der Waals surface area contributed by atoms with Crippen LogP contribution in [0.15, 0.2) is 6.20 Å². The number of carboxylic acid groups (broad SMARTS) is 1. The van der Waals surface area contributed by atoms with Gasteiger partial charge in [0.25, 0.3) is 5.88 Å². The Morgan fingerprint density at radius 2 is 2.40 bits per heavy atom. The van der Waals surface area contributed by atoms with Gasteiger partial charge in [0.2, 0.25) is 0 Å². The quantitative estimate of drug-likeness (QED) is 0.762. The van der Waals surface area contributed by atoms with Gasteiger partial charge in [-0.2, -0.15) is 0 Å². The second-order valence-electron chi connectivity index (χ2n) is 3.37. The molecule has 0 aliphatic rings. The van der Waals surface area contributed by atoms with Gasteiger partial charge in [-0.25, -0.2) is 0 Å². The van der Waals surface area contributed by atoms with E-state index >= 15 is 0 Å². The molecule has 0 bridgehead atoms. The molecular formula is C9H15N3O3. The first-order chi connectivity index (χ1) is 7.04. The molecule has 15 heavy (non-hydrogen) atoms. The number of nitrogens with zero attached hydrogens (tertiary/aromatic N) is 2. The summed E-state index contributed by atoms with van der Waals surface area (Å²) in [5, 5.41) is 15.4. The number of aromatic nitrogens is 2. The maximum atomic E-state index is 10.4. The van der Waals surface area contributed by atoms with E-state index in [2.05, 4.69) is 10.4 Å². The molecule has 0 aliphatic carbocycles. The molecule has 0 radical (unpaired) electrons. The SMILES string of the molecule is COc1nn(C(C)C)cc1NCC(=O)O. The third-order valence-electron chi connectivity index (χ3n) is 1.85. The first-order valence-corrected chi connectivity index (χ1v) is 4.63. The fourth-order valence-electron chi connectivity index (χ4n) is 1.08. The Morgan fingerprint density at radius 1 is 1.73 bits per heavy atom. The van der Waals surface area contributed by atoms with Gasteiger partial charge in [0, 0.05) is 6.04 Å². The number of hydrogen-bond donors (Lipinski definition) is 2. The van der Waals surface area contributed by atoms with Crippen LogP contribution in [0.2, 0.25) is 0 Å². The summed E-state index contributed by atoms with van der Waals surface area (Å²) in [5.74, 6) is -0.515. The molecule has 0 spiro atoms. The predicted octanol–water partition coefficient (Wildman–Crippen LogP) is 0.969. The van der Waals surface area contributed by atoms with Crippen molar-refractivity contribution < 1.29 is 14.6 Å². The Labute approximate surface area is 87.8 Å². The third-order valence-corrected chi connectivity index (χ3v) is 1.85. The molecular weight excluding hydrogens is 198 g/mol. The summed E-state index contributed by atoms with van der Waals surface area (Å²) in [6.07, 6.45) is 1.73. The zero-order chi connectivity index (χ0) is 11.4. The number of hydrogen-bond acceptors (Lipinski definition) is 4. The van der Waals surface area contributed by atoms with E-state index in [1.54, 1.807) is 10.9 Å². The van der Waals surface area contributed by atoms with Crippen LogP contribution in [0.1, 0.15) is 19.9 Å². The van der Waals surface area contributed by atoms with Crippen molar-refractivity contribution in [1.29, 1.82) is 0 Å². The molecule has 0 atom stereocenters. The van der Waals surface area contributed by atoms with Crippen LogP contribution in [0.4, 0.5) is 5.69 Å². The number of methoxy groups -OCH3 is 1. The van der Waals surface area contributed by atoms with Crippen molar-refractivity contribution >= 4 is 11.7 Å². The molecule has 2 N–H and O–H groups in total. The van der Waals surface area contributed by atoms with Crippen LogP contribution in [0.25, 0.3) is 0 Å². The van der Waals surface area contributed by atoms with Gasteiger partial charge in [0.05, 0.1) is 13.3 Å². The normalized spacial score (nSPS) is 10.4. The Morgan fingerprint density at radius 3 is 2.87 bits per heavy atom. The van der Waals surface area contributed by atoms with E-state index in [4.69, 9.17) is 9.84 Å². The molecule has 6 nitrogen and oxygen atoms in total. The van der Waals surface area contributed by atoms with Gasteiger partial charge in [-0.3, -0.25) is 9.48 Å². The first kappa shape index (κ1) is 11.4. The maximum Gasteiger partial charge on any atom is 0.322 e. The minimum Gasteiger partial charge on any atom is -0.480 e. The summed E-state index contributed by atoms with van der Waals surface area (Å²) in [6.45, 7) is 3.81. The number of aliphatic carboxylic acids is 1. The molecule has 0 aromatic carbocycles. The summed E-state index contributed by atoms with van der Waals surface area (Å²) in [4.78, 5) is 10.4. The number of rotatable bonds is 5. The fourth-order valence-corrected chi connectivity index (χ4v) is 1.08. The molecule has 84 valence electrons. The molecule has 1 rings (SSSR count). The highest BCUT2D eigenvalue weighted by atomic mass is 16.5. The van der Waals surface area contributed by atoms with Crippen molar-refractivity contribution in [3.63, 3.8) is 0 Å². The molecule has 0 saturated heterocycles. The highest BCUT2D eigenvalue weighted by Gasteiger charge is 2.11. The number of ether oxygens (including phenoxy) is 1. The van der Waals surface area contributed by atoms with E-state index in [1.165, 1.54) is 7.11 Å². The zero-order valence-electron chi connectivity index (χ0n) is 9.02. The Hall–Kier alpha value is -1.72. The van der Waals surface area contributed by atoms with Gasteiger partial charge in [-0.15, -0.1) is 5.10 Å². The molecule has 1 heterocycles. The lowest BCUT2D eigenvalue weighted by molar-refractivity contribution is -0.134. The molecule has 1 aromatic rings. The van der Waals surface area contributed by atoms with E-state index in [1.807, 2.05) is 13.8 Å². The molecule has 0 aliphatic heterocycles. The minimum atomic E-state index is -0.922. The molecule has 1 aromatic heterocycles. The molecule has 0 fully saturated rings. The van der Waals surface area contributed by atoms with Crippen LogP contribution in [-0.2, 0) is 4.79 Å². The van der Waals surface area contributed by atoms with E-state index in [0.29, 0.717) is 11.6 Å². The van der Waals surface area contributed by atoms with Gasteiger partial charge in [-0.1, -0.05) is 0 Å². The van der Waals surface area contributed by atoms with Gasteiger partial charge in [-0.05, 0) is 13.8 Å². The van der Waals surface area contributed by atoms with E-state index in [9.17, 15) is 4.79 Å². The van der Waals surface area contributed by atoms with Crippen LogP contribution in [0.3, 0.4) is 0 Å². The number of nitrogens with one attached hydrogen (secondary N) is 1. The van der Waals surface area contributed by atoms with Crippen molar-refractivity contribution in [3.05, 3.63) is 6.20 Å². The van der Waals surface area contributed by atoms with E-state index in [-0.39, 0.29) is 12.6 Å². The lowest BCUT2D eigenvalue weighted by atomic mass is 10.4. The highest BCUT2D eigenvalue weighted by molar-refractivity contribution is 5.73. The predicted molar refractivity (Wildman–Crippen MR) is 55.3 cm³/mol. The van der Waals surface area contributed by atoms with Crippen LogP contribution < -0.4 is 10.1 Å².